The topological polar surface area (TPSA) is 108 Å². The Kier molecular flexibility index (Phi) is 3.82. The van der Waals surface area contributed by atoms with E-state index in [1.54, 1.807) is 25.4 Å². The Hall–Kier alpha value is -2.30. The van der Waals surface area contributed by atoms with Crippen LogP contribution in [0.15, 0.2) is 34.1 Å². The third-order valence-corrected chi connectivity index (χ3v) is 6.40. The van der Waals surface area contributed by atoms with E-state index < -0.39 is 10.0 Å². The summed E-state index contributed by atoms with van der Waals surface area (Å²) in [5.41, 5.74) is 0.953. The minimum absolute atomic E-state index is 0.118. The van der Waals surface area contributed by atoms with Crippen LogP contribution in [0.2, 0.25) is 0 Å². The lowest BCUT2D eigenvalue weighted by molar-refractivity contribution is 0.142. The minimum atomic E-state index is -3.66. The lowest BCUT2D eigenvalue weighted by atomic mass is 10.2. The van der Waals surface area contributed by atoms with Crippen molar-refractivity contribution in [3.8, 4) is 0 Å². The molecule has 4 rings (SSSR count). The molecule has 3 aromatic rings. The number of fused-ring (bicyclic) bond motifs is 1. The number of sulfonamides is 1. The molecule has 0 aliphatic carbocycles. The fourth-order valence-corrected chi connectivity index (χ4v) is 4.45. The largest absolute Gasteiger partial charge is 0.347 e. The maximum atomic E-state index is 13.1. The van der Waals surface area contributed by atoms with Crippen LogP contribution < -0.4 is 0 Å². The van der Waals surface area contributed by atoms with Crippen LogP contribution in [0.25, 0.3) is 11.1 Å². The molecule has 4 heterocycles. The molecule has 0 amide bonds. The number of aromatic amines is 1. The highest BCUT2D eigenvalue weighted by molar-refractivity contribution is 7.89. The summed E-state index contributed by atoms with van der Waals surface area (Å²) in [5.74, 6) is 0.755. The molecule has 0 aromatic carbocycles. The number of imidazole rings is 1. The van der Waals surface area contributed by atoms with Crippen molar-refractivity contribution >= 4 is 21.1 Å². The first kappa shape index (κ1) is 16.2. The zero-order chi connectivity index (χ0) is 17.6. The summed E-state index contributed by atoms with van der Waals surface area (Å²) in [5, 5.41) is 4.43. The SMILES string of the molecule is Cc1noc2ncc(S(=O)(=O)N3CCN(C)C(c4ncc[nH]4)C3)cc12. The Morgan fingerprint density at radius 3 is 2.92 bits per heavy atom. The van der Waals surface area contributed by atoms with Crippen molar-refractivity contribution < 1.29 is 12.9 Å². The van der Waals surface area contributed by atoms with Gasteiger partial charge in [0.1, 0.15) is 10.7 Å². The number of H-pyrrole nitrogens is 1. The van der Waals surface area contributed by atoms with E-state index in [0.717, 1.165) is 5.82 Å². The standard InChI is InChI=1S/C15H18N6O3S/c1-10-12-7-11(8-18-15(12)24-19-10)25(22,23)21-6-5-20(2)13(9-21)14-16-3-4-17-14/h3-4,7-8,13H,5-6,9H2,1-2H3,(H,16,17). The van der Waals surface area contributed by atoms with Crippen molar-refractivity contribution in [2.45, 2.75) is 17.9 Å². The van der Waals surface area contributed by atoms with Gasteiger partial charge in [0, 0.05) is 32.0 Å². The molecule has 1 N–H and O–H groups in total. The average Bonchev–Trinajstić information content (AvgIpc) is 3.25. The van der Waals surface area contributed by atoms with Gasteiger partial charge in [0.15, 0.2) is 0 Å². The lowest BCUT2D eigenvalue weighted by Gasteiger charge is -2.37. The zero-order valence-electron chi connectivity index (χ0n) is 13.9. The van der Waals surface area contributed by atoms with Gasteiger partial charge in [-0.2, -0.15) is 4.31 Å². The first-order valence-electron chi connectivity index (χ1n) is 7.88. The van der Waals surface area contributed by atoms with Crippen LogP contribution in [-0.2, 0) is 10.0 Å². The Morgan fingerprint density at radius 1 is 1.32 bits per heavy atom. The van der Waals surface area contributed by atoms with Crippen LogP contribution in [0.5, 0.6) is 0 Å². The Balaban J connectivity index is 1.67. The van der Waals surface area contributed by atoms with Crippen molar-refractivity contribution in [3.05, 3.63) is 36.2 Å². The summed E-state index contributed by atoms with van der Waals surface area (Å²) < 4.78 is 32.7. The van der Waals surface area contributed by atoms with Crippen molar-refractivity contribution in [1.82, 2.24) is 29.3 Å². The number of hydrogen-bond donors (Lipinski definition) is 1. The van der Waals surface area contributed by atoms with Gasteiger partial charge in [0.25, 0.3) is 5.71 Å². The highest BCUT2D eigenvalue weighted by Crippen LogP contribution is 2.27. The first-order valence-corrected chi connectivity index (χ1v) is 9.32. The van der Waals surface area contributed by atoms with Gasteiger partial charge in [-0.05, 0) is 20.0 Å². The molecule has 1 aliphatic rings. The molecule has 0 spiro atoms. The number of aryl methyl sites for hydroxylation is 1. The van der Waals surface area contributed by atoms with Crippen LogP contribution in [-0.4, -0.2) is 64.4 Å². The lowest BCUT2D eigenvalue weighted by Crippen LogP contribution is -2.49. The Labute approximate surface area is 144 Å². The van der Waals surface area contributed by atoms with Crippen molar-refractivity contribution in [1.29, 1.82) is 0 Å². The van der Waals surface area contributed by atoms with Gasteiger partial charge >= 0.3 is 0 Å². The number of nitrogens with zero attached hydrogens (tertiary/aromatic N) is 5. The number of piperazine rings is 1. The zero-order valence-corrected chi connectivity index (χ0v) is 14.7. The van der Waals surface area contributed by atoms with Crippen molar-refractivity contribution in [3.63, 3.8) is 0 Å². The van der Waals surface area contributed by atoms with Crippen LogP contribution in [0, 0.1) is 6.92 Å². The van der Waals surface area contributed by atoms with E-state index in [2.05, 4.69) is 25.0 Å². The van der Waals surface area contributed by atoms with Gasteiger partial charge in [-0.15, -0.1) is 0 Å². The summed E-state index contributed by atoms with van der Waals surface area (Å²) in [7, 11) is -1.70. The molecule has 9 nitrogen and oxygen atoms in total. The highest BCUT2D eigenvalue weighted by Gasteiger charge is 2.35. The van der Waals surface area contributed by atoms with E-state index in [9.17, 15) is 8.42 Å². The monoisotopic (exact) mass is 362 g/mol. The molecule has 1 saturated heterocycles. The summed E-state index contributed by atoms with van der Waals surface area (Å²) in [6.07, 6.45) is 4.73. The van der Waals surface area contributed by atoms with E-state index in [-0.39, 0.29) is 10.9 Å². The van der Waals surface area contributed by atoms with Gasteiger partial charge in [0.05, 0.1) is 23.3 Å². The maximum Gasteiger partial charge on any atom is 0.257 e. The number of aromatic nitrogens is 4. The fourth-order valence-electron chi connectivity index (χ4n) is 3.04. The van der Waals surface area contributed by atoms with E-state index in [0.29, 0.717) is 36.4 Å². The Bertz CT molecular complexity index is 998. The number of pyridine rings is 1. The third-order valence-electron chi connectivity index (χ3n) is 4.57. The third kappa shape index (κ3) is 2.71. The van der Waals surface area contributed by atoms with Crippen molar-refractivity contribution in [2.75, 3.05) is 26.7 Å². The van der Waals surface area contributed by atoms with E-state index >= 15 is 0 Å². The molecule has 3 aromatic heterocycles. The molecule has 25 heavy (non-hydrogen) atoms. The molecule has 10 heteroatoms. The maximum absolute atomic E-state index is 13.1. The molecule has 0 saturated carbocycles. The molecule has 1 aliphatic heterocycles. The molecule has 1 unspecified atom stereocenters. The second kappa shape index (κ2) is 5.90. The molecule has 0 radical (unpaired) electrons. The predicted octanol–water partition coefficient (Wildman–Crippen LogP) is 0.932. The average molecular weight is 362 g/mol. The summed E-state index contributed by atoms with van der Waals surface area (Å²) >= 11 is 0. The van der Waals surface area contributed by atoms with Gasteiger partial charge in [0.2, 0.25) is 10.0 Å². The summed E-state index contributed by atoms with van der Waals surface area (Å²) in [6.45, 7) is 3.11. The van der Waals surface area contributed by atoms with E-state index in [4.69, 9.17) is 4.52 Å². The van der Waals surface area contributed by atoms with Gasteiger partial charge in [-0.1, -0.05) is 5.16 Å². The van der Waals surface area contributed by atoms with E-state index in [1.165, 1.54) is 10.5 Å². The second-order valence-electron chi connectivity index (χ2n) is 6.13. The highest BCUT2D eigenvalue weighted by atomic mass is 32.2. The fraction of sp³-hybridized carbons (Fsp3) is 0.400. The molecule has 132 valence electrons. The number of likely N-dealkylation sites (N-methyl/N-ethyl adjacent to an activating group) is 1. The summed E-state index contributed by atoms with van der Waals surface area (Å²) in [6, 6.07) is 1.46. The van der Waals surface area contributed by atoms with Crippen LogP contribution >= 0.6 is 0 Å². The quantitative estimate of drug-likeness (QED) is 0.738. The van der Waals surface area contributed by atoms with Gasteiger partial charge in [-0.3, -0.25) is 4.90 Å². The molecule has 1 atom stereocenters. The van der Waals surface area contributed by atoms with Crippen LogP contribution in [0.3, 0.4) is 0 Å². The smallest absolute Gasteiger partial charge is 0.257 e. The van der Waals surface area contributed by atoms with Crippen molar-refractivity contribution in [2.24, 2.45) is 0 Å². The molecular formula is C15H18N6O3S. The molecular weight excluding hydrogens is 344 g/mol. The first-order chi connectivity index (χ1) is 12.0. The van der Waals surface area contributed by atoms with Crippen LogP contribution in [0.4, 0.5) is 0 Å². The second-order valence-corrected chi connectivity index (χ2v) is 8.06. The molecule has 1 fully saturated rings. The number of nitrogens with one attached hydrogen (secondary N) is 1. The van der Waals surface area contributed by atoms with Gasteiger partial charge in [-0.25, -0.2) is 18.4 Å². The van der Waals surface area contributed by atoms with Crippen LogP contribution in [0.1, 0.15) is 17.6 Å². The molecule has 0 bridgehead atoms. The predicted molar refractivity (Wildman–Crippen MR) is 89.3 cm³/mol. The van der Waals surface area contributed by atoms with E-state index in [1.807, 2.05) is 7.05 Å². The minimum Gasteiger partial charge on any atom is -0.347 e. The van der Waals surface area contributed by atoms with Gasteiger partial charge < -0.3 is 9.51 Å². The Morgan fingerprint density at radius 2 is 2.16 bits per heavy atom. The normalized spacial score (nSPS) is 20.3. The number of rotatable bonds is 3. The number of hydrogen-bond acceptors (Lipinski definition) is 7. The summed E-state index contributed by atoms with van der Waals surface area (Å²) in [4.78, 5) is 13.7.